The molecule has 3 aromatic rings. The number of benzene rings is 3. The predicted octanol–water partition coefficient (Wildman–Crippen LogP) is 5.25. The largest absolute Gasteiger partial charge is 0.375 e. The molecule has 0 aromatic heterocycles. The van der Waals surface area contributed by atoms with Gasteiger partial charge >= 0.3 is 0 Å². The molecule has 2 amide bonds. The first-order valence-electron chi connectivity index (χ1n) is 11.5. The van der Waals surface area contributed by atoms with Crippen molar-refractivity contribution in [1.82, 2.24) is 5.32 Å². The molecule has 0 radical (unpaired) electrons. The summed E-state index contributed by atoms with van der Waals surface area (Å²) in [6, 6.07) is 13.2. The van der Waals surface area contributed by atoms with Crippen LogP contribution >= 0.6 is 0 Å². The van der Waals surface area contributed by atoms with Gasteiger partial charge in [-0.2, -0.15) is 0 Å². The zero-order valence-corrected chi connectivity index (χ0v) is 19.7. The van der Waals surface area contributed by atoms with Crippen LogP contribution in [0, 0.1) is 41.9 Å². The maximum Gasteiger partial charge on any atom is 0.261 e. The average molecular weight is 518 g/mol. The molecule has 5 nitrogen and oxygen atoms in total. The number of carbonyl (C=O) groups excluding carboxylic acids is 2. The van der Waals surface area contributed by atoms with E-state index in [1.165, 1.54) is 18.2 Å². The van der Waals surface area contributed by atoms with Gasteiger partial charge in [0.1, 0.15) is 5.56 Å². The monoisotopic (exact) mass is 518 g/mol. The first-order valence-corrected chi connectivity index (χ1v) is 11.5. The second-order valence-corrected chi connectivity index (χ2v) is 9.01. The van der Waals surface area contributed by atoms with Gasteiger partial charge in [0.25, 0.3) is 11.8 Å². The summed E-state index contributed by atoms with van der Waals surface area (Å²) in [6.07, 6.45) is 1.74. The van der Waals surface area contributed by atoms with Crippen molar-refractivity contribution in [2.45, 2.75) is 38.3 Å². The number of carbonyl (C=O) groups is 2. The lowest BCUT2D eigenvalue weighted by molar-refractivity contribution is -0.152. The molecule has 0 spiro atoms. The first kappa shape index (κ1) is 26.3. The molecule has 0 bridgehead atoms. The minimum atomic E-state index is -2.39. The Labute approximate surface area is 209 Å². The van der Waals surface area contributed by atoms with Crippen LogP contribution in [0.5, 0.6) is 0 Å². The molecule has 0 heterocycles. The van der Waals surface area contributed by atoms with Gasteiger partial charge in [-0.1, -0.05) is 54.4 Å². The van der Waals surface area contributed by atoms with E-state index >= 15 is 0 Å². The number of aliphatic hydroxyl groups is 1. The fourth-order valence-electron chi connectivity index (χ4n) is 4.34. The summed E-state index contributed by atoms with van der Waals surface area (Å²) in [6.45, 7) is 1.77. The number of hydrogen-bond donors (Lipinski definition) is 3. The van der Waals surface area contributed by atoms with Crippen LogP contribution in [-0.4, -0.2) is 16.9 Å². The second-order valence-electron chi connectivity index (χ2n) is 9.01. The van der Waals surface area contributed by atoms with E-state index in [0.29, 0.717) is 18.4 Å². The molecule has 10 heteroatoms. The molecule has 0 aliphatic heterocycles. The van der Waals surface area contributed by atoms with Gasteiger partial charge in [-0.05, 0) is 31.4 Å². The summed E-state index contributed by atoms with van der Waals surface area (Å²) in [4.78, 5) is 26.1. The normalized spacial score (nSPS) is 15.0. The summed E-state index contributed by atoms with van der Waals surface area (Å²) < 4.78 is 69.3. The summed E-state index contributed by atoms with van der Waals surface area (Å²) in [5, 5.41) is 16.6. The molecule has 4 rings (SSSR count). The lowest BCUT2D eigenvalue weighted by Gasteiger charge is -2.41. The van der Waals surface area contributed by atoms with E-state index in [0.717, 1.165) is 12.0 Å². The van der Waals surface area contributed by atoms with Crippen molar-refractivity contribution in [2.75, 3.05) is 5.32 Å². The number of hydrogen-bond acceptors (Lipinski definition) is 3. The van der Waals surface area contributed by atoms with E-state index in [1.54, 1.807) is 31.2 Å². The fraction of sp³-hybridized carbons (Fsp3) is 0.259. The Bertz CT molecular complexity index is 1330. The molecule has 0 saturated heterocycles. The standard InChI is InChI=1S/C27H23F5N2O3/c1-14-10-11-18(34-25(35)19-20(28)22(30)24(32)23(31)21(19)29)17(12-14)27(37,16-8-5-9-16)26(36)33-13-15-6-3-2-4-7-15/h2-4,6-7,10-12,16,37H,5,8-9,13H2,1H3,(H,33,36)(H,34,35). The topological polar surface area (TPSA) is 78.4 Å². The number of rotatable bonds is 7. The second kappa shape index (κ2) is 10.3. The van der Waals surface area contributed by atoms with Gasteiger partial charge in [0.05, 0.1) is 0 Å². The zero-order valence-electron chi connectivity index (χ0n) is 19.7. The Hall–Kier alpha value is -3.79. The van der Waals surface area contributed by atoms with E-state index in [4.69, 9.17) is 0 Å². The summed E-state index contributed by atoms with van der Waals surface area (Å²) in [7, 11) is 0. The van der Waals surface area contributed by atoms with E-state index in [1.807, 2.05) is 6.07 Å². The maximum atomic E-state index is 14.2. The summed E-state index contributed by atoms with van der Waals surface area (Å²) in [5.74, 6) is -14.4. The molecule has 3 aromatic carbocycles. The van der Waals surface area contributed by atoms with Gasteiger partial charge in [-0.15, -0.1) is 0 Å². The Morgan fingerprint density at radius 1 is 0.919 bits per heavy atom. The Kier molecular flexibility index (Phi) is 7.31. The lowest BCUT2D eigenvalue weighted by Crippen LogP contribution is -2.52. The van der Waals surface area contributed by atoms with Crippen LogP contribution in [0.3, 0.4) is 0 Å². The highest BCUT2D eigenvalue weighted by Crippen LogP contribution is 2.45. The molecule has 1 unspecified atom stereocenters. The van der Waals surface area contributed by atoms with Crippen molar-refractivity contribution in [3.8, 4) is 0 Å². The number of anilines is 1. The van der Waals surface area contributed by atoms with E-state index in [-0.39, 0.29) is 17.8 Å². The molecular weight excluding hydrogens is 495 g/mol. The molecule has 1 aliphatic carbocycles. The van der Waals surface area contributed by atoms with Gasteiger partial charge in [0.2, 0.25) is 5.82 Å². The highest BCUT2D eigenvalue weighted by molar-refractivity contribution is 6.05. The van der Waals surface area contributed by atoms with Crippen molar-refractivity contribution >= 4 is 17.5 Å². The third kappa shape index (κ3) is 4.81. The van der Waals surface area contributed by atoms with Crippen LogP contribution in [0.1, 0.15) is 46.3 Å². The van der Waals surface area contributed by atoms with Crippen LogP contribution < -0.4 is 10.6 Å². The highest BCUT2D eigenvalue weighted by atomic mass is 19.2. The van der Waals surface area contributed by atoms with Gasteiger partial charge in [-0.25, -0.2) is 22.0 Å². The van der Waals surface area contributed by atoms with Gasteiger partial charge in [0.15, 0.2) is 28.9 Å². The quantitative estimate of drug-likeness (QED) is 0.227. The first-order chi connectivity index (χ1) is 17.6. The van der Waals surface area contributed by atoms with Crippen LogP contribution in [0.2, 0.25) is 0 Å². The summed E-state index contributed by atoms with van der Waals surface area (Å²) >= 11 is 0. The van der Waals surface area contributed by atoms with E-state index in [2.05, 4.69) is 10.6 Å². The molecule has 37 heavy (non-hydrogen) atoms. The molecule has 1 aliphatic rings. The van der Waals surface area contributed by atoms with Gasteiger partial charge in [0, 0.05) is 23.7 Å². The SMILES string of the molecule is Cc1ccc(NC(=O)c2c(F)c(F)c(F)c(F)c2F)c(C(O)(C(=O)NCc2ccccc2)C2CCC2)c1. The molecule has 1 fully saturated rings. The van der Waals surface area contributed by atoms with Crippen LogP contribution in [-0.2, 0) is 16.9 Å². The predicted molar refractivity (Wildman–Crippen MR) is 125 cm³/mol. The summed E-state index contributed by atoms with van der Waals surface area (Å²) in [5.41, 5.74) is -2.71. The smallest absolute Gasteiger partial charge is 0.261 e. The van der Waals surface area contributed by atoms with Gasteiger partial charge < -0.3 is 15.7 Å². The third-order valence-electron chi connectivity index (χ3n) is 6.61. The van der Waals surface area contributed by atoms with Crippen LogP contribution in [0.25, 0.3) is 0 Å². The van der Waals surface area contributed by atoms with Crippen molar-refractivity contribution in [3.63, 3.8) is 0 Å². The average Bonchev–Trinajstić information content (AvgIpc) is 2.85. The van der Waals surface area contributed by atoms with Crippen LogP contribution in [0.15, 0.2) is 48.5 Å². The number of nitrogens with one attached hydrogen (secondary N) is 2. The van der Waals surface area contributed by atoms with Crippen molar-refractivity contribution < 1.29 is 36.6 Å². The fourth-order valence-corrected chi connectivity index (χ4v) is 4.34. The number of amides is 2. The van der Waals surface area contributed by atoms with Crippen LogP contribution in [0.4, 0.5) is 27.6 Å². The Morgan fingerprint density at radius 3 is 2.08 bits per heavy atom. The minimum Gasteiger partial charge on any atom is -0.375 e. The molecule has 1 atom stereocenters. The maximum absolute atomic E-state index is 14.2. The Balaban J connectivity index is 1.72. The van der Waals surface area contributed by atoms with E-state index in [9.17, 15) is 36.6 Å². The third-order valence-corrected chi connectivity index (χ3v) is 6.61. The number of halogens is 5. The van der Waals surface area contributed by atoms with E-state index < -0.39 is 58.0 Å². The molecular formula is C27H23F5N2O3. The van der Waals surface area contributed by atoms with Crippen molar-refractivity contribution in [1.29, 1.82) is 0 Å². The van der Waals surface area contributed by atoms with Crippen molar-refractivity contribution in [2.24, 2.45) is 5.92 Å². The van der Waals surface area contributed by atoms with Gasteiger partial charge in [-0.3, -0.25) is 9.59 Å². The van der Waals surface area contributed by atoms with Crippen molar-refractivity contribution in [3.05, 3.63) is 99.9 Å². The minimum absolute atomic E-state index is 0.0556. The molecule has 194 valence electrons. The Morgan fingerprint density at radius 2 is 1.51 bits per heavy atom. The zero-order chi connectivity index (χ0) is 26.9. The number of aryl methyl sites for hydroxylation is 1. The molecule has 1 saturated carbocycles. The lowest BCUT2D eigenvalue weighted by atomic mass is 9.68. The highest BCUT2D eigenvalue weighted by Gasteiger charge is 2.49. The molecule has 3 N–H and O–H groups in total.